The Labute approximate surface area is 113 Å². The molecule has 0 atom stereocenters. The van der Waals surface area contributed by atoms with Gasteiger partial charge in [0.1, 0.15) is 0 Å². The molecule has 0 aliphatic heterocycles. The van der Waals surface area contributed by atoms with E-state index in [1.807, 2.05) is 0 Å². The number of carbonyl (C=O) groups excluding carboxylic acids is 1. The van der Waals surface area contributed by atoms with Crippen molar-refractivity contribution in [1.82, 2.24) is 10.3 Å². The number of carbonyl (C=O) groups is 1. The first-order chi connectivity index (χ1) is 8.63. The molecule has 1 fully saturated rings. The van der Waals surface area contributed by atoms with Gasteiger partial charge in [0, 0.05) is 23.8 Å². The van der Waals surface area contributed by atoms with Crippen LogP contribution in [0.5, 0.6) is 0 Å². The maximum Gasteiger partial charge on any atom is 0.255 e. The topological polar surface area (TPSA) is 89.3 Å². The number of amides is 1. The third-order valence-corrected chi connectivity index (χ3v) is 3.43. The molecule has 0 aromatic carbocycles. The summed E-state index contributed by atoms with van der Waals surface area (Å²) in [6.45, 7) is 0. The normalized spacial score (nSPS) is 22.2. The van der Waals surface area contributed by atoms with Crippen LogP contribution in [-0.4, -0.2) is 30.1 Å². The molecule has 2 rings (SSSR count). The molecule has 1 aliphatic rings. The lowest BCUT2D eigenvalue weighted by molar-refractivity contribution is 0.0176. The van der Waals surface area contributed by atoms with E-state index in [2.05, 4.69) is 31.7 Å². The van der Waals surface area contributed by atoms with Crippen LogP contribution in [0.1, 0.15) is 23.2 Å². The number of ether oxygens (including phenoxy) is 1. The fraction of sp³-hybridized carbons (Fsp3) is 0.455. The van der Waals surface area contributed by atoms with Crippen molar-refractivity contribution in [2.24, 2.45) is 5.84 Å². The van der Waals surface area contributed by atoms with Crippen molar-refractivity contribution in [2.75, 3.05) is 12.5 Å². The smallest absolute Gasteiger partial charge is 0.255 e. The van der Waals surface area contributed by atoms with Gasteiger partial charge in [-0.3, -0.25) is 4.79 Å². The van der Waals surface area contributed by atoms with Crippen LogP contribution in [-0.2, 0) is 4.74 Å². The highest BCUT2D eigenvalue weighted by molar-refractivity contribution is 9.10. The Hall–Kier alpha value is -1.18. The number of nitrogens with two attached hydrogens (primary N) is 1. The van der Waals surface area contributed by atoms with Crippen molar-refractivity contribution in [3.8, 4) is 0 Å². The van der Waals surface area contributed by atoms with Crippen LogP contribution < -0.4 is 16.6 Å². The standard InChI is InChI=1S/C11H15BrN4O2/c1-18-8-3-7(4-8)15-11(17)9-2-6(12)5-14-10(9)16-13/h2,5,7-8H,3-4,13H2,1H3,(H,14,16)(H,15,17). The summed E-state index contributed by atoms with van der Waals surface area (Å²) in [5, 5.41) is 2.92. The second-order valence-electron chi connectivity index (χ2n) is 4.19. The number of nitrogens with one attached hydrogen (secondary N) is 2. The van der Waals surface area contributed by atoms with Gasteiger partial charge in [-0.2, -0.15) is 0 Å². The fourth-order valence-corrected chi connectivity index (χ4v) is 2.20. The van der Waals surface area contributed by atoms with Gasteiger partial charge in [-0.1, -0.05) is 0 Å². The zero-order valence-electron chi connectivity index (χ0n) is 9.94. The van der Waals surface area contributed by atoms with Gasteiger partial charge < -0.3 is 15.5 Å². The van der Waals surface area contributed by atoms with Crippen molar-refractivity contribution < 1.29 is 9.53 Å². The Morgan fingerprint density at radius 2 is 2.33 bits per heavy atom. The van der Waals surface area contributed by atoms with Crippen LogP contribution in [0, 0.1) is 0 Å². The van der Waals surface area contributed by atoms with Crippen LogP contribution in [0.2, 0.25) is 0 Å². The van der Waals surface area contributed by atoms with Crippen molar-refractivity contribution in [3.05, 3.63) is 22.3 Å². The van der Waals surface area contributed by atoms with E-state index in [0.29, 0.717) is 11.4 Å². The predicted octanol–water partition coefficient (Wildman–Crippen LogP) is 1.04. The highest BCUT2D eigenvalue weighted by Crippen LogP contribution is 2.24. The summed E-state index contributed by atoms with van der Waals surface area (Å²) in [5.74, 6) is 5.51. The molecule has 1 amide bonds. The number of anilines is 1. The molecule has 98 valence electrons. The number of rotatable bonds is 4. The van der Waals surface area contributed by atoms with Crippen LogP contribution in [0.25, 0.3) is 0 Å². The lowest BCUT2D eigenvalue weighted by Crippen LogP contribution is -2.47. The molecule has 7 heteroatoms. The SMILES string of the molecule is COC1CC(NC(=O)c2cc(Br)cnc2NN)C1. The second kappa shape index (κ2) is 5.64. The van der Waals surface area contributed by atoms with E-state index in [-0.39, 0.29) is 18.1 Å². The average Bonchev–Trinajstić information content (AvgIpc) is 2.32. The number of pyridine rings is 1. The van der Waals surface area contributed by atoms with Crippen LogP contribution in [0.4, 0.5) is 5.82 Å². The summed E-state index contributed by atoms with van der Waals surface area (Å²) in [5.41, 5.74) is 2.84. The number of hydrogen-bond acceptors (Lipinski definition) is 5. The molecule has 0 bridgehead atoms. The first-order valence-corrected chi connectivity index (χ1v) is 6.39. The average molecular weight is 315 g/mol. The fourth-order valence-electron chi connectivity index (χ4n) is 1.87. The van der Waals surface area contributed by atoms with Crippen LogP contribution >= 0.6 is 15.9 Å². The number of hydrogen-bond donors (Lipinski definition) is 3. The molecule has 4 N–H and O–H groups in total. The Morgan fingerprint density at radius 3 is 2.94 bits per heavy atom. The molecular formula is C11H15BrN4O2. The van der Waals surface area contributed by atoms with Crippen molar-refractivity contribution in [1.29, 1.82) is 0 Å². The lowest BCUT2D eigenvalue weighted by atomic mass is 9.89. The summed E-state index contributed by atoms with van der Waals surface area (Å²) >= 11 is 3.28. The predicted molar refractivity (Wildman–Crippen MR) is 71.0 cm³/mol. The quantitative estimate of drug-likeness (QED) is 0.570. The first-order valence-electron chi connectivity index (χ1n) is 5.60. The molecule has 0 unspecified atom stereocenters. The van der Waals surface area contributed by atoms with E-state index in [0.717, 1.165) is 17.3 Å². The van der Waals surface area contributed by atoms with E-state index < -0.39 is 0 Å². The van der Waals surface area contributed by atoms with Crippen LogP contribution in [0.3, 0.4) is 0 Å². The number of aromatic nitrogens is 1. The molecular weight excluding hydrogens is 300 g/mol. The Bertz CT molecular complexity index is 449. The first kappa shape index (κ1) is 13.3. The molecule has 0 radical (unpaired) electrons. The van der Waals surface area contributed by atoms with Gasteiger partial charge in [-0.25, -0.2) is 10.8 Å². The summed E-state index contributed by atoms with van der Waals surface area (Å²) < 4.78 is 5.90. The Balaban J connectivity index is 2.02. The molecule has 1 saturated carbocycles. The van der Waals surface area contributed by atoms with Crippen LogP contribution in [0.15, 0.2) is 16.7 Å². The molecule has 1 heterocycles. The summed E-state index contributed by atoms with van der Waals surface area (Å²) in [6.07, 6.45) is 3.52. The molecule has 6 nitrogen and oxygen atoms in total. The summed E-state index contributed by atoms with van der Waals surface area (Å²) in [4.78, 5) is 16.1. The number of nitrogen functional groups attached to an aromatic ring is 1. The minimum absolute atomic E-state index is 0.159. The maximum atomic E-state index is 12.1. The summed E-state index contributed by atoms with van der Waals surface area (Å²) in [7, 11) is 1.68. The van der Waals surface area contributed by atoms with Gasteiger partial charge in [0.25, 0.3) is 5.91 Å². The third kappa shape index (κ3) is 2.80. The summed E-state index contributed by atoms with van der Waals surface area (Å²) in [6, 6.07) is 1.84. The van der Waals surface area contributed by atoms with Crippen molar-refractivity contribution in [3.63, 3.8) is 0 Å². The van der Waals surface area contributed by atoms with Gasteiger partial charge in [-0.05, 0) is 34.8 Å². The Morgan fingerprint density at radius 1 is 1.61 bits per heavy atom. The van der Waals surface area contributed by atoms with E-state index in [9.17, 15) is 4.79 Å². The number of methoxy groups -OCH3 is 1. The van der Waals surface area contributed by atoms with Gasteiger partial charge >= 0.3 is 0 Å². The second-order valence-corrected chi connectivity index (χ2v) is 5.11. The molecule has 1 aromatic rings. The van der Waals surface area contributed by atoms with Crippen molar-refractivity contribution >= 4 is 27.7 Å². The minimum atomic E-state index is -0.184. The van der Waals surface area contributed by atoms with E-state index in [1.54, 1.807) is 19.4 Å². The number of nitrogens with zero attached hydrogens (tertiary/aromatic N) is 1. The highest BCUT2D eigenvalue weighted by Gasteiger charge is 2.30. The zero-order valence-corrected chi connectivity index (χ0v) is 11.5. The monoisotopic (exact) mass is 314 g/mol. The van der Waals surface area contributed by atoms with Gasteiger partial charge in [-0.15, -0.1) is 0 Å². The van der Waals surface area contributed by atoms with Gasteiger partial charge in [0.15, 0.2) is 5.82 Å². The lowest BCUT2D eigenvalue weighted by Gasteiger charge is -2.34. The third-order valence-electron chi connectivity index (χ3n) is 3.00. The van der Waals surface area contributed by atoms with Gasteiger partial charge in [0.2, 0.25) is 0 Å². The van der Waals surface area contributed by atoms with Crippen molar-refractivity contribution in [2.45, 2.75) is 25.0 Å². The number of halogens is 1. The molecule has 1 aromatic heterocycles. The number of hydrazine groups is 1. The largest absolute Gasteiger partial charge is 0.381 e. The van der Waals surface area contributed by atoms with Gasteiger partial charge in [0.05, 0.1) is 11.7 Å². The minimum Gasteiger partial charge on any atom is -0.381 e. The van der Waals surface area contributed by atoms with E-state index in [4.69, 9.17) is 10.6 Å². The van der Waals surface area contributed by atoms with E-state index >= 15 is 0 Å². The zero-order chi connectivity index (χ0) is 13.1. The molecule has 0 saturated heterocycles. The Kier molecular flexibility index (Phi) is 4.15. The molecule has 1 aliphatic carbocycles. The van der Waals surface area contributed by atoms with E-state index in [1.165, 1.54) is 0 Å². The molecule has 18 heavy (non-hydrogen) atoms. The highest BCUT2D eigenvalue weighted by atomic mass is 79.9. The maximum absolute atomic E-state index is 12.1. The molecule has 0 spiro atoms.